The van der Waals surface area contributed by atoms with Gasteiger partial charge in [-0.15, -0.1) is 0 Å². The monoisotopic (exact) mass is 373 g/mol. The molecule has 0 aromatic heterocycles. The number of carbonyl (C=O) groups excluding carboxylic acids is 3. The van der Waals surface area contributed by atoms with Gasteiger partial charge in [-0.1, -0.05) is 6.07 Å². The molecule has 0 spiro atoms. The van der Waals surface area contributed by atoms with Crippen LogP contribution < -0.4 is 14.8 Å². The summed E-state index contributed by atoms with van der Waals surface area (Å²) in [7, 11) is 4.19. The first-order valence-corrected chi connectivity index (χ1v) is 7.86. The van der Waals surface area contributed by atoms with Gasteiger partial charge in [0.2, 0.25) is 0 Å². The van der Waals surface area contributed by atoms with Crippen molar-refractivity contribution in [2.45, 2.75) is 0 Å². The maximum atomic E-state index is 12.1. The lowest BCUT2D eigenvalue weighted by molar-refractivity contribution is -0.119. The molecule has 0 aliphatic carbocycles. The van der Waals surface area contributed by atoms with Gasteiger partial charge in [0.25, 0.3) is 5.91 Å². The van der Waals surface area contributed by atoms with Crippen molar-refractivity contribution in [2.24, 2.45) is 0 Å². The van der Waals surface area contributed by atoms with Crippen molar-refractivity contribution >= 4 is 23.5 Å². The molecule has 0 saturated carbocycles. The van der Waals surface area contributed by atoms with Crippen molar-refractivity contribution in [2.75, 3.05) is 33.3 Å². The minimum absolute atomic E-state index is 0.216. The van der Waals surface area contributed by atoms with E-state index in [9.17, 15) is 14.4 Å². The van der Waals surface area contributed by atoms with E-state index in [-0.39, 0.29) is 11.1 Å². The summed E-state index contributed by atoms with van der Waals surface area (Å²) in [5.41, 5.74) is 0.885. The molecule has 0 aliphatic heterocycles. The Balaban J connectivity index is 1.95. The highest BCUT2D eigenvalue weighted by molar-refractivity contribution is 5.97. The number of rotatable bonds is 7. The minimum atomic E-state index is -0.686. The number of esters is 2. The molecule has 8 heteroatoms. The summed E-state index contributed by atoms with van der Waals surface area (Å²) in [5, 5.41) is 2.54. The van der Waals surface area contributed by atoms with E-state index in [0.717, 1.165) is 0 Å². The predicted molar refractivity (Wildman–Crippen MR) is 96.2 cm³/mol. The van der Waals surface area contributed by atoms with Gasteiger partial charge < -0.3 is 24.3 Å². The highest BCUT2D eigenvalue weighted by atomic mass is 16.5. The fraction of sp³-hybridized carbons (Fsp3) is 0.211. The van der Waals surface area contributed by atoms with Crippen molar-refractivity contribution in [3.8, 4) is 11.5 Å². The Morgan fingerprint density at radius 3 is 2.22 bits per heavy atom. The summed E-state index contributed by atoms with van der Waals surface area (Å²) < 4.78 is 19.8. The Morgan fingerprint density at radius 1 is 0.852 bits per heavy atom. The summed E-state index contributed by atoms with van der Waals surface area (Å²) in [6, 6.07) is 10.7. The fourth-order valence-electron chi connectivity index (χ4n) is 2.22. The van der Waals surface area contributed by atoms with Crippen LogP contribution in [0.2, 0.25) is 0 Å². The molecule has 0 unspecified atom stereocenters. The smallest absolute Gasteiger partial charge is 0.338 e. The number of ether oxygens (including phenoxy) is 4. The van der Waals surface area contributed by atoms with E-state index in [1.165, 1.54) is 39.5 Å². The largest absolute Gasteiger partial charge is 0.493 e. The zero-order chi connectivity index (χ0) is 19.8. The van der Waals surface area contributed by atoms with Crippen molar-refractivity contribution in [1.82, 2.24) is 0 Å². The van der Waals surface area contributed by atoms with Crippen LogP contribution in [0.4, 0.5) is 5.69 Å². The van der Waals surface area contributed by atoms with Crippen molar-refractivity contribution in [3.63, 3.8) is 0 Å². The van der Waals surface area contributed by atoms with Gasteiger partial charge in [0.15, 0.2) is 18.1 Å². The van der Waals surface area contributed by atoms with Crippen LogP contribution >= 0.6 is 0 Å². The maximum absolute atomic E-state index is 12.1. The molecule has 2 aromatic rings. The van der Waals surface area contributed by atoms with Gasteiger partial charge in [-0.3, -0.25) is 4.79 Å². The number of nitrogens with one attached hydrogen (secondary N) is 1. The second-order valence-corrected chi connectivity index (χ2v) is 5.27. The van der Waals surface area contributed by atoms with E-state index in [4.69, 9.17) is 14.2 Å². The number of hydrogen-bond acceptors (Lipinski definition) is 7. The summed E-state index contributed by atoms with van der Waals surface area (Å²) in [6.07, 6.45) is 0. The molecule has 0 fully saturated rings. The molecule has 0 radical (unpaired) electrons. The van der Waals surface area contributed by atoms with E-state index < -0.39 is 24.5 Å². The third-order valence-electron chi connectivity index (χ3n) is 3.52. The van der Waals surface area contributed by atoms with Crippen LogP contribution in [0, 0.1) is 0 Å². The summed E-state index contributed by atoms with van der Waals surface area (Å²) in [5.74, 6) is -0.917. The summed E-state index contributed by atoms with van der Waals surface area (Å²) >= 11 is 0. The zero-order valence-corrected chi connectivity index (χ0v) is 15.1. The Bertz CT molecular complexity index is 848. The van der Waals surface area contributed by atoms with Gasteiger partial charge >= 0.3 is 11.9 Å². The number of carbonyl (C=O) groups is 3. The molecule has 1 N–H and O–H groups in total. The van der Waals surface area contributed by atoms with Gasteiger partial charge in [0.1, 0.15) is 0 Å². The highest BCUT2D eigenvalue weighted by Gasteiger charge is 2.14. The van der Waals surface area contributed by atoms with E-state index in [1.807, 2.05) is 0 Å². The van der Waals surface area contributed by atoms with Crippen LogP contribution in [0.3, 0.4) is 0 Å². The summed E-state index contributed by atoms with van der Waals surface area (Å²) in [6.45, 7) is -0.490. The first kappa shape index (κ1) is 19.8. The maximum Gasteiger partial charge on any atom is 0.338 e. The van der Waals surface area contributed by atoms with Crippen LogP contribution in [0.5, 0.6) is 11.5 Å². The van der Waals surface area contributed by atoms with Gasteiger partial charge in [-0.2, -0.15) is 0 Å². The second kappa shape index (κ2) is 9.23. The normalized spacial score (nSPS) is 9.89. The van der Waals surface area contributed by atoms with Gasteiger partial charge in [-0.25, -0.2) is 9.59 Å². The standard InChI is InChI=1S/C19H19NO7/c1-24-15-8-7-13(10-16(15)25-2)19(23)27-11-17(21)20-14-6-4-5-12(9-14)18(22)26-3/h4-10H,11H2,1-3H3,(H,20,21). The van der Waals surface area contributed by atoms with Crippen molar-refractivity contribution in [3.05, 3.63) is 53.6 Å². The highest BCUT2D eigenvalue weighted by Crippen LogP contribution is 2.27. The van der Waals surface area contributed by atoms with Gasteiger partial charge in [0.05, 0.1) is 32.5 Å². The quantitative estimate of drug-likeness (QED) is 0.743. The molecule has 0 aliphatic rings. The molecular formula is C19H19NO7. The molecule has 27 heavy (non-hydrogen) atoms. The third-order valence-corrected chi connectivity index (χ3v) is 3.52. The lowest BCUT2D eigenvalue weighted by Crippen LogP contribution is -2.21. The molecule has 2 aromatic carbocycles. The van der Waals surface area contributed by atoms with E-state index >= 15 is 0 Å². The number of hydrogen-bond donors (Lipinski definition) is 1. The Labute approximate surface area is 156 Å². The average Bonchev–Trinajstić information content (AvgIpc) is 2.70. The molecule has 2 rings (SSSR count). The van der Waals surface area contributed by atoms with Crippen molar-refractivity contribution in [1.29, 1.82) is 0 Å². The molecule has 1 amide bonds. The molecule has 8 nitrogen and oxygen atoms in total. The average molecular weight is 373 g/mol. The Kier molecular flexibility index (Phi) is 6.76. The van der Waals surface area contributed by atoms with Crippen molar-refractivity contribution < 1.29 is 33.3 Å². The van der Waals surface area contributed by atoms with Gasteiger partial charge in [0, 0.05) is 5.69 Å². The SMILES string of the molecule is COC(=O)c1cccc(NC(=O)COC(=O)c2ccc(OC)c(OC)c2)c1. The molecule has 0 heterocycles. The van der Waals surface area contributed by atoms with Crippen LogP contribution in [0.15, 0.2) is 42.5 Å². The molecule has 0 atom stereocenters. The van der Waals surface area contributed by atoms with Crippen LogP contribution in [0.1, 0.15) is 20.7 Å². The molecule has 0 bridgehead atoms. The van der Waals surface area contributed by atoms with E-state index in [2.05, 4.69) is 10.1 Å². The zero-order valence-electron chi connectivity index (χ0n) is 15.1. The molecular weight excluding hydrogens is 354 g/mol. The Hall–Kier alpha value is -3.55. The second-order valence-electron chi connectivity index (χ2n) is 5.27. The Morgan fingerprint density at radius 2 is 1.56 bits per heavy atom. The summed E-state index contributed by atoms with van der Waals surface area (Å²) in [4.78, 5) is 35.6. The predicted octanol–water partition coefficient (Wildman–Crippen LogP) is 2.29. The first-order chi connectivity index (χ1) is 13.0. The fourth-order valence-corrected chi connectivity index (χ4v) is 2.22. The lowest BCUT2D eigenvalue weighted by atomic mass is 10.2. The first-order valence-electron chi connectivity index (χ1n) is 7.86. The third kappa shape index (κ3) is 5.21. The number of amides is 1. The molecule has 142 valence electrons. The van der Waals surface area contributed by atoms with E-state index in [1.54, 1.807) is 24.3 Å². The van der Waals surface area contributed by atoms with Gasteiger partial charge in [-0.05, 0) is 36.4 Å². The number of methoxy groups -OCH3 is 3. The minimum Gasteiger partial charge on any atom is -0.493 e. The molecule has 0 saturated heterocycles. The van der Waals surface area contributed by atoms with Crippen LogP contribution in [-0.4, -0.2) is 45.8 Å². The van der Waals surface area contributed by atoms with E-state index in [0.29, 0.717) is 17.2 Å². The lowest BCUT2D eigenvalue weighted by Gasteiger charge is -2.10. The van der Waals surface area contributed by atoms with Crippen LogP contribution in [0.25, 0.3) is 0 Å². The van der Waals surface area contributed by atoms with Crippen LogP contribution in [-0.2, 0) is 14.3 Å². The number of benzene rings is 2. The number of anilines is 1. The topological polar surface area (TPSA) is 100 Å².